The predicted octanol–water partition coefficient (Wildman–Crippen LogP) is 3.28. The van der Waals surface area contributed by atoms with Crippen LogP contribution >= 0.6 is 28.1 Å². The summed E-state index contributed by atoms with van der Waals surface area (Å²) in [5.41, 5.74) is 4.52. The number of amides is 1. The molecule has 0 bridgehead atoms. The Kier molecular flexibility index (Phi) is 12.1. The number of thiocarbonyl (C=S) groups is 1. The van der Waals surface area contributed by atoms with Crippen LogP contribution in [0.1, 0.15) is 37.9 Å². The molecular formula is C28H31BrN4O8S. The lowest BCUT2D eigenvalue weighted by Gasteiger charge is -2.30. The van der Waals surface area contributed by atoms with E-state index in [-0.39, 0.29) is 19.8 Å². The molecule has 1 aliphatic heterocycles. The number of ether oxygens (including phenoxy) is 5. The Morgan fingerprint density at radius 1 is 1.07 bits per heavy atom. The zero-order valence-electron chi connectivity index (χ0n) is 23.4. The largest absolute Gasteiger partial charge is 0.490 e. The van der Waals surface area contributed by atoms with Crippen LogP contribution < -0.4 is 30.3 Å². The lowest BCUT2D eigenvalue weighted by atomic mass is 9.95. The number of nitrogens with zero attached hydrogens (tertiary/aromatic N) is 1. The van der Waals surface area contributed by atoms with Crippen LogP contribution in [0.3, 0.4) is 0 Å². The third-order valence-electron chi connectivity index (χ3n) is 5.65. The molecule has 1 aliphatic rings. The minimum Gasteiger partial charge on any atom is -0.490 e. The van der Waals surface area contributed by atoms with Gasteiger partial charge in [0.2, 0.25) is 0 Å². The Bertz CT molecular complexity index is 1400. The highest BCUT2D eigenvalue weighted by Crippen LogP contribution is 2.37. The van der Waals surface area contributed by atoms with Crippen molar-refractivity contribution < 1.29 is 38.1 Å². The molecule has 0 saturated heterocycles. The van der Waals surface area contributed by atoms with Crippen molar-refractivity contribution in [1.29, 1.82) is 0 Å². The average Bonchev–Trinajstić information content (AvgIpc) is 2.95. The molecule has 1 atom stereocenters. The molecular weight excluding hydrogens is 632 g/mol. The molecule has 0 saturated carbocycles. The summed E-state index contributed by atoms with van der Waals surface area (Å²) in [7, 11) is 1.27. The summed E-state index contributed by atoms with van der Waals surface area (Å²) in [5, 5.41) is 10.4. The minimum atomic E-state index is -0.646. The highest BCUT2D eigenvalue weighted by molar-refractivity contribution is 9.10. The highest BCUT2D eigenvalue weighted by Gasteiger charge is 2.32. The van der Waals surface area contributed by atoms with Gasteiger partial charge in [-0.05, 0) is 72.7 Å². The molecule has 2 aromatic carbocycles. The van der Waals surface area contributed by atoms with Gasteiger partial charge in [-0.15, -0.1) is 0 Å². The van der Waals surface area contributed by atoms with Gasteiger partial charge in [-0.25, -0.2) is 15.0 Å². The summed E-state index contributed by atoms with van der Waals surface area (Å²) in [4.78, 5) is 36.7. The fourth-order valence-electron chi connectivity index (χ4n) is 3.87. The van der Waals surface area contributed by atoms with Gasteiger partial charge in [0.15, 0.2) is 29.8 Å². The fourth-order valence-corrected chi connectivity index (χ4v) is 4.71. The number of benzene rings is 2. The van der Waals surface area contributed by atoms with E-state index in [1.807, 2.05) is 6.92 Å². The van der Waals surface area contributed by atoms with E-state index in [2.05, 4.69) is 41.8 Å². The first-order valence-corrected chi connectivity index (χ1v) is 14.0. The molecule has 12 nitrogen and oxygen atoms in total. The van der Waals surface area contributed by atoms with Crippen LogP contribution in [-0.2, 0) is 23.9 Å². The normalized spacial score (nSPS) is 14.5. The summed E-state index contributed by atoms with van der Waals surface area (Å²) in [6.07, 6.45) is 1.42. The third-order valence-corrected chi connectivity index (χ3v) is 6.46. The lowest BCUT2D eigenvalue weighted by Crippen LogP contribution is -2.45. The van der Waals surface area contributed by atoms with Gasteiger partial charge in [0.05, 0.1) is 42.6 Å². The maximum atomic E-state index is 12.7. The number of hydrogen-bond donors (Lipinski definition) is 3. The van der Waals surface area contributed by atoms with E-state index in [0.29, 0.717) is 55.8 Å². The molecule has 42 heavy (non-hydrogen) atoms. The Morgan fingerprint density at radius 2 is 1.83 bits per heavy atom. The molecule has 0 aromatic heterocycles. The number of methoxy groups -OCH3 is 1. The molecule has 1 amide bonds. The fraction of sp³-hybridized carbons (Fsp3) is 0.321. The molecule has 0 spiro atoms. The minimum absolute atomic E-state index is 0.211. The van der Waals surface area contributed by atoms with Crippen molar-refractivity contribution in [1.82, 2.24) is 16.1 Å². The Labute approximate surface area is 256 Å². The Hall–Kier alpha value is -4.17. The van der Waals surface area contributed by atoms with E-state index >= 15 is 0 Å². The second kappa shape index (κ2) is 15.7. The van der Waals surface area contributed by atoms with Crippen LogP contribution in [0.15, 0.2) is 57.2 Å². The standard InChI is InChI=1S/C28H31BrN4O8S/c1-5-38-21-12-17(11-19(29)26(21)41-15-23(35)37-4)13-30-33-22(34)14-40-20-10-8-7-9-18(20)25-24(27(36)39-6-2)16(3)31-28(42)32-25/h7-13,25H,5-6,14-15H2,1-4H3,(H,33,34)(H2,31,32,42)/t25-/m1/s1. The van der Waals surface area contributed by atoms with Crippen molar-refractivity contribution in [3.8, 4) is 17.2 Å². The molecule has 3 rings (SSSR count). The number of hydrogen-bond acceptors (Lipinski definition) is 10. The molecule has 224 valence electrons. The third kappa shape index (κ3) is 8.66. The van der Waals surface area contributed by atoms with Gasteiger partial charge in [0, 0.05) is 11.3 Å². The number of hydrazone groups is 1. The van der Waals surface area contributed by atoms with Crippen LogP contribution in [0, 0.1) is 0 Å². The highest BCUT2D eigenvalue weighted by atomic mass is 79.9. The SMILES string of the molecule is CCOC(=O)C1=C(C)NC(=S)N[C@@H]1c1ccccc1OCC(=O)NN=Cc1cc(Br)c(OCC(=O)OC)c(OCC)c1. The maximum Gasteiger partial charge on any atom is 0.343 e. The van der Waals surface area contributed by atoms with Crippen molar-refractivity contribution in [2.45, 2.75) is 26.8 Å². The van der Waals surface area contributed by atoms with Crippen molar-refractivity contribution >= 4 is 57.3 Å². The number of esters is 2. The van der Waals surface area contributed by atoms with E-state index in [4.69, 9.17) is 31.2 Å². The van der Waals surface area contributed by atoms with Gasteiger partial charge >= 0.3 is 11.9 Å². The zero-order valence-corrected chi connectivity index (χ0v) is 25.8. The first kappa shape index (κ1) is 32.3. The molecule has 0 unspecified atom stereocenters. The predicted molar refractivity (Wildman–Crippen MR) is 161 cm³/mol. The number of rotatable bonds is 13. The van der Waals surface area contributed by atoms with Crippen LogP contribution in [0.25, 0.3) is 0 Å². The summed E-state index contributed by atoms with van der Waals surface area (Å²) >= 11 is 8.71. The number of para-hydroxylation sites is 1. The first-order chi connectivity index (χ1) is 20.2. The Balaban J connectivity index is 1.69. The number of halogens is 1. The monoisotopic (exact) mass is 662 g/mol. The Morgan fingerprint density at radius 3 is 2.55 bits per heavy atom. The van der Waals surface area contributed by atoms with Crippen molar-refractivity contribution in [2.24, 2.45) is 5.10 Å². The van der Waals surface area contributed by atoms with Crippen molar-refractivity contribution in [3.63, 3.8) is 0 Å². The number of carbonyl (C=O) groups excluding carboxylic acids is 3. The number of carbonyl (C=O) groups is 3. The number of allylic oxidation sites excluding steroid dienone is 1. The van der Waals surface area contributed by atoms with Crippen LogP contribution in [0.2, 0.25) is 0 Å². The summed E-state index contributed by atoms with van der Waals surface area (Å²) in [6, 6.07) is 9.69. The van der Waals surface area contributed by atoms with Gasteiger partial charge in [-0.1, -0.05) is 18.2 Å². The molecule has 0 radical (unpaired) electrons. The second-order valence-corrected chi connectivity index (χ2v) is 9.80. The number of nitrogens with one attached hydrogen (secondary N) is 3. The lowest BCUT2D eigenvalue weighted by molar-refractivity contribution is -0.143. The van der Waals surface area contributed by atoms with E-state index in [1.165, 1.54) is 13.3 Å². The van der Waals surface area contributed by atoms with Crippen LogP contribution in [0.4, 0.5) is 0 Å². The van der Waals surface area contributed by atoms with Crippen LogP contribution in [-0.4, -0.2) is 62.7 Å². The van der Waals surface area contributed by atoms with E-state index < -0.39 is 23.9 Å². The van der Waals surface area contributed by atoms with E-state index in [1.54, 1.807) is 50.2 Å². The first-order valence-electron chi connectivity index (χ1n) is 12.8. The van der Waals surface area contributed by atoms with Crippen molar-refractivity contribution in [2.75, 3.05) is 33.5 Å². The van der Waals surface area contributed by atoms with E-state index in [9.17, 15) is 14.4 Å². The molecule has 0 aliphatic carbocycles. The summed E-state index contributed by atoms with van der Waals surface area (Å²) < 4.78 is 27.3. The quantitative estimate of drug-likeness (QED) is 0.126. The second-order valence-electron chi connectivity index (χ2n) is 8.54. The summed E-state index contributed by atoms with van der Waals surface area (Å²) in [5.74, 6) is -0.470. The van der Waals surface area contributed by atoms with Gasteiger partial charge in [-0.3, -0.25) is 4.79 Å². The maximum absolute atomic E-state index is 12.7. The molecule has 3 N–H and O–H groups in total. The van der Waals surface area contributed by atoms with Gasteiger partial charge in [0.1, 0.15) is 5.75 Å². The average molecular weight is 664 g/mol. The molecule has 0 fully saturated rings. The topological polar surface area (TPSA) is 146 Å². The molecule has 2 aromatic rings. The molecule has 14 heteroatoms. The van der Waals surface area contributed by atoms with Crippen molar-refractivity contribution in [3.05, 3.63) is 63.3 Å². The van der Waals surface area contributed by atoms with Crippen LogP contribution in [0.5, 0.6) is 17.2 Å². The van der Waals surface area contributed by atoms with Gasteiger partial charge in [-0.2, -0.15) is 5.10 Å². The summed E-state index contributed by atoms with van der Waals surface area (Å²) in [6.45, 7) is 5.19. The van der Waals surface area contributed by atoms with Gasteiger partial charge in [0.25, 0.3) is 5.91 Å². The zero-order chi connectivity index (χ0) is 30.6. The smallest absolute Gasteiger partial charge is 0.343 e. The molecule has 1 heterocycles. The van der Waals surface area contributed by atoms with Gasteiger partial charge < -0.3 is 34.3 Å². The van der Waals surface area contributed by atoms with E-state index in [0.717, 1.165) is 0 Å².